The van der Waals surface area contributed by atoms with Gasteiger partial charge in [-0.15, -0.1) is 0 Å². The van der Waals surface area contributed by atoms with E-state index in [4.69, 9.17) is 4.74 Å². The van der Waals surface area contributed by atoms with Crippen molar-refractivity contribution in [2.75, 3.05) is 13.2 Å². The summed E-state index contributed by atoms with van der Waals surface area (Å²) in [4.78, 5) is 12.3. The largest absolute Gasteiger partial charge is 0.381 e. The zero-order valence-corrected chi connectivity index (χ0v) is 9.71. The Hall–Kier alpha value is -0.370. The smallest absolute Gasteiger partial charge is 0.141 e. The molecule has 2 heteroatoms. The number of ether oxygens (including phenoxy) is 1. The van der Waals surface area contributed by atoms with Gasteiger partial charge >= 0.3 is 0 Å². The molecule has 1 heterocycles. The second-order valence-corrected chi connectivity index (χ2v) is 5.02. The van der Waals surface area contributed by atoms with Crippen LogP contribution in [0.5, 0.6) is 0 Å². The molecule has 2 nitrogen and oxygen atoms in total. The normalized spacial score (nSPS) is 36.7. The van der Waals surface area contributed by atoms with Crippen LogP contribution in [0.25, 0.3) is 0 Å². The molecule has 1 saturated carbocycles. The van der Waals surface area contributed by atoms with Gasteiger partial charge in [0.25, 0.3) is 0 Å². The van der Waals surface area contributed by atoms with E-state index in [-0.39, 0.29) is 5.92 Å². The van der Waals surface area contributed by atoms with Gasteiger partial charge in [0.05, 0.1) is 6.61 Å². The topological polar surface area (TPSA) is 26.3 Å². The Kier molecular flexibility index (Phi) is 3.79. The predicted octanol–water partition coefficient (Wildman–Crippen LogP) is 2.81. The molecule has 0 aromatic heterocycles. The van der Waals surface area contributed by atoms with Gasteiger partial charge in [-0.05, 0) is 25.2 Å². The summed E-state index contributed by atoms with van der Waals surface area (Å²) < 4.78 is 5.32. The Morgan fingerprint density at radius 1 is 1.27 bits per heavy atom. The fourth-order valence-electron chi connectivity index (χ4n) is 3.13. The van der Waals surface area contributed by atoms with Gasteiger partial charge in [0, 0.05) is 18.4 Å². The molecule has 0 amide bonds. The van der Waals surface area contributed by atoms with Gasteiger partial charge in [0.1, 0.15) is 5.78 Å². The van der Waals surface area contributed by atoms with E-state index in [1.54, 1.807) is 0 Å². The van der Waals surface area contributed by atoms with E-state index in [9.17, 15) is 4.79 Å². The zero-order valence-electron chi connectivity index (χ0n) is 9.71. The van der Waals surface area contributed by atoms with E-state index >= 15 is 0 Å². The Morgan fingerprint density at radius 2 is 2.07 bits per heavy atom. The number of ketones is 1. The first kappa shape index (κ1) is 11.1. The van der Waals surface area contributed by atoms with Crippen molar-refractivity contribution in [2.24, 2.45) is 17.8 Å². The molecular weight excluding hydrogens is 188 g/mol. The molecule has 0 N–H and O–H groups in total. The van der Waals surface area contributed by atoms with Crippen LogP contribution < -0.4 is 0 Å². The number of carbonyl (C=O) groups is 1. The average molecular weight is 210 g/mol. The monoisotopic (exact) mass is 210 g/mol. The van der Waals surface area contributed by atoms with Crippen LogP contribution in [0.15, 0.2) is 0 Å². The standard InChI is InChI=1S/C13H22O2/c1-2-10-5-3-4-6-12(10)13(14)11-7-8-15-9-11/h10-12H,2-9H2,1H3. The van der Waals surface area contributed by atoms with E-state index in [0.29, 0.717) is 24.2 Å². The molecule has 1 aliphatic carbocycles. The highest BCUT2D eigenvalue weighted by atomic mass is 16.5. The van der Waals surface area contributed by atoms with Gasteiger partial charge in [0.2, 0.25) is 0 Å². The molecule has 0 bridgehead atoms. The summed E-state index contributed by atoms with van der Waals surface area (Å²) in [5, 5.41) is 0. The zero-order chi connectivity index (χ0) is 10.7. The van der Waals surface area contributed by atoms with Gasteiger partial charge in [-0.3, -0.25) is 4.79 Å². The first-order chi connectivity index (χ1) is 7.33. The summed E-state index contributed by atoms with van der Waals surface area (Å²) >= 11 is 0. The van der Waals surface area contributed by atoms with Crippen LogP contribution in [-0.4, -0.2) is 19.0 Å². The first-order valence-corrected chi connectivity index (χ1v) is 6.44. The van der Waals surface area contributed by atoms with E-state index in [2.05, 4.69) is 6.92 Å². The third kappa shape index (κ3) is 2.41. The van der Waals surface area contributed by atoms with Crippen molar-refractivity contribution in [1.82, 2.24) is 0 Å². The fourth-order valence-corrected chi connectivity index (χ4v) is 3.13. The molecule has 2 aliphatic rings. The fraction of sp³-hybridized carbons (Fsp3) is 0.923. The van der Waals surface area contributed by atoms with Gasteiger partial charge in [-0.2, -0.15) is 0 Å². The highest BCUT2D eigenvalue weighted by Gasteiger charge is 2.35. The van der Waals surface area contributed by atoms with Crippen molar-refractivity contribution < 1.29 is 9.53 Å². The SMILES string of the molecule is CCC1CCCCC1C(=O)C1CCOC1. The van der Waals surface area contributed by atoms with Crippen LogP contribution in [0.4, 0.5) is 0 Å². The van der Waals surface area contributed by atoms with Gasteiger partial charge in [-0.25, -0.2) is 0 Å². The number of hydrogen-bond donors (Lipinski definition) is 0. The molecule has 86 valence electrons. The van der Waals surface area contributed by atoms with Crippen LogP contribution >= 0.6 is 0 Å². The number of carbonyl (C=O) groups excluding carboxylic acids is 1. The molecule has 0 aromatic rings. The average Bonchev–Trinajstić information content (AvgIpc) is 2.81. The molecule has 2 rings (SSSR count). The van der Waals surface area contributed by atoms with Crippen LogP contribution in [-0.2, 0) is 9.53 Å². The maximum atomic E-state index is 12.3. The molecule has 3 atom stereocenters. The maximum Gasteiger partial charge on any atom is 0.141 e. The lowest BCUT2D eigenvalue weighted by Gasteiger charge is -2.31. The summed E-state index contributed by atoms with van der Waals surface area (Å²) in [7, 11) is 0. The third-order valence-corrected chi connectivity index (χ3v) is 4.13. The van der Waals surface area contributed by atoms with Crippen molar-refractivity contribution in [1.29, 1.82) is 0 Å². The van der Waals surface area contributed by atoms with Crippen molar-refractivity contribution in [3.8, 4) is 0 Å². The van der Waals surface area contributed by atoms with Crippen LogP contribution in [0.2, 0.25) is 0 Å². The second kappa shape index (κ2) is 5.11. The molecule has 0 spiro atoms. The van der Waals surface area contributed by atoms with E-state index in [1.165, 1.54) is 25.7 Å². The number of Topliss-reactive ketones (excluding diaryl/α,β-unsaturated/α-hetero) is 1. The molecule has 0 radical (unpaired) electrons. The minimum absolute atomic E-state index is 0.224. The number of rotatable bonds is 3. The van der Waals surface area contributed by atoms with Gasteiger partial charge < -0.3 is 4.74 Å². The van der Waals surface area contributed by atoms with Crippen molar-refractivity contribution >= 4 is 5.78 Å². The molecule has 3 unspecified atom stereocenters. The van der Waals surface area contributed by atoms with Crippen LogP contribution in [0.1, 0.15) is 45.4 Å². The molecule has 1 saturated heterocycles. The summed E-state index contributed by atoms with van der Waals surface area (Å²) in [5.74, 6) is 1.75. The summed E-state index contributed by atoms with van der Waals surface area (Å²) in [6.45, 7) is 3.70. The van der Waals surface area contributed by atoms with Crippen molar-refractivity contribution in [3.63, 3.8) is 0 Å². The summed E-state index contributed by atoms with van der Waals surface area (Å²) in [5.41, 5.74) is 0. The third-order valence-electron chi connectivity index (χ3n) is 4.13. The highest BCUT2D eigenvalue weighted by Crippen LogP contribution is 2.35. The molecule has 0 aromatic carbocycles. The Labute approximate surface area is 92.4 Å². The van der Waals surface area contributed by atoms with Crippen LogP contribution in [0.3, 0.4) is 0 Å². The highest BCUT2D eigenvalue weighted by molar-refractivity contribution is 5.84. The summed E-state index contributed by atoms with van der Waals surface area (Å²) in [6, 6.07) is 0. The Balaban J connectivity index is 1.96. The molecule has 2 fully saturated rings. The van der Waals surface area contributed by atoms with Gasteiger partial charge in [0.15, 0.2) is 0 Å². The predicted molar refractivity (Wildman–Crippen MR) is 59.7 cm³/mol. The summed E-state index contributed by atoms with van der Waals surface area (Å²) in [6.07, 6.45) is 7.11. The maximum absolute atomic E-state index is 12.3. The molecule has 1 aliphatic heterocycles. The number of hydrogen-bond acceptors (Lipinski definition) is 2. The minimum Gasteiger partial charge on any atom is -0.381 e. The van der Waals surface area contributed by atoms with Crippen LogP contribution in [0, 0.1) is 17.8 Å². The Bertz CT molecular complexity index is 219. The van der Waals surface area contributed by atoms with Gasteiger partial charge in [-0.1, -0.05) is 26.2 Å². The van der Waals surface area contributed by atoms with Crippen molar-refractivity contribution in [3.05, 3.63) is 0 Å². The second-order valence-electron chi connectivity index (χ2n) is 5.02. The van der Waals surface area contributed by atoms with E-state index in [0.717, 1.165) is 19.4 Å². The minimum atomic E-state index is 0.224. The molecule has 15 heavy (non-hydrogen) atoms. The lowest BCUT2D eigenvalue weighted by Crippen LogP contribution is -2.32. The quantitative estimate of drug-likeness (QED) is 0.716. The van der Waals surface area contributed by atoms with E-state index in [1.807, 2.05) is 0 Å². The lowest BCUT2D eigenvalue weighted by molar-refractivity contribution is -0.129. The lowest BCUT2D eigenvalue weighted by atomic mass is 9.73. The van der Waals surface area contributed by atoms with E-state index < -0.39 is 0 Å². The molecular formula is C13H22O2. The first-order valence-electron chi connectivity index (χ1n) is 6.44. The Morgan fingerprint density at radius 3 is 2.73 bits per heavy atom. The van der Waals surface area contributed by atoms with Crippen molar-refractivity contribution in [2.45, 2.75) is 45.4 Å².